The fourth-order valence-electron chi connectivity index (χ4n) is 11.3. The number of allylic oxidation sites excluding steroid dienone is 2. The number of ketones is 1. The van der Waals surface area contributed by atoms with E-state index < -0.39 is 6.29 Å². The number of hydrogen-bond donors (Lipinski definition) is 0. The molecule has 0 aromatic rings. The summed E-state index contributed by atoms with van der Waals surface area (Å²) >= 11 is 0. The molecule has 0 radical (unpaired) electrons. The molecular weight excluding hydrogens is 690 g/mol. The quantitative estimate of drug-likeness (QED) is 0.220. The van der Waals surface area contributed by atoms with E-state index in [2.05, 4.69) is 38.9 Å². The summed E-state index contributed by atoms with van der Waals surface area (Å²) in [6.45, 7) is 11.4. The molecule has 0 N–H and O–H groups in total. The van der Waals surface area contributed by atoms with Crippen LogP contribution in [0.25, 0.3) is 0 Å². The van der Waals surface area contributed by atoms with Crippen LogP contribution >= 0.6 is 0 Å². The van der Waals surface area contributed by atoms with Crippen molar-refractivity contribution in [2.24, 2.45) is 41.4 Å². The molecule has 3 aliphatic heterocycles. The zero-order valence-electron chi connectivity index (χ0n) is 34.6. The third kappa shape index (κ3) is 9.14. The Hall–Kier alpha value is -1.44. The van der Waals surface area contributed by atoms with Gasteiger partial charge in [0.15, 0.2) is 18.4 Å². The molecule has 0 amide bonds. The maximum atomic E-state index is 14.7. The number of nitrogens with zero attached hydrogens (tertiary/aromatic N) is 1. The first-order chi connectivity index (χ1) is 26.0. The van der Waals surface area contributed by atoms with Crippen LogP contribution in [0, 0.1) is 41.4 Å². The molecule has 2 saturated carbocycles. The molecule has 4 unspecified atom stereocenters. The highest BCUT2D eigenvalue weighted by Gasteiger charge is 2.54. The van der Waals surface area contributed by atoms with Crippen LogP contribution in [0.15, 0.2) is 11.6 Å². The van der Waals surface area contributed by atoms with Crippen LogP contribution in [-0.4, -0.2) is 120 Å². The minimum atomic E-state index is -0.523. The van der Waals surface area contributed by atoms with Crippen molar-refractivity contribution < 1.29 is 47.5 Å². The van der Waals surface area contributed by atoms with Crippen LogP contribution in [0.4, 0.5) is 0 Å². The van der Waals surface area contributed by atoms with Crippen LogP contribution in [0.2, 0.25) is 0 Å². The Bertz CT molecular complexity index is 1280. The lowest BCUT2D eigenvalue weighted by molar-refractivity contribution is -0.305. The Morgan fingerprint density at radius 2 is 1.63 bits per heavy atom. The smallest absolute Gasteiger partial charge is 0.306 e. The fraction of sp³-hybridized carbons (Fsp3) is 0.907. The van der Waals surface area contributed by atoms with E-state index in [1.165, 1.54) is 0 Å². The van der Waals surface area contributed by atoms with E-state index in [9.17, 15) is 9.59 Å². The minimum Gasteiger partial charge on any atom is -0.462 e. The summed E-state index contributed by atoms with van der Waals surface area (Å²) in [5.74, 6) is 0.742. The predicted molar refractivity (Wildman–Crippen MR) is 204 cm³/mol. The second-order valence-corrected chi connectivity index (χ2v) is 17.5. The van der Waals surface area contributed by atoms with E-state index >= 15 is 0 Å². The maximum Gasteiger partial charge on any atom is 0.306 e. The molecule has 17 atom stereocenters. The van der Waals surface area contributed by atoms with Gasteiger partial charge in [0.25, 0.3) is 0 Å². The third-order valence-electron chi connectivity index (χ3n) is 14.2. The highest BCUT2D eigenvalue weighted by atomic mass is 16.7. The van der Waals surface area contributed by atoms with Gasteiger partial charge in [-0.1, -0.05) is 19.9 Å². The van der Waals surface area contributed by atoms with Gasteiger partial charge in [-0.25, -0.2) is 0 Å². The van der Waals surface area contributed by atoms with Crippen LogP contribution in [-0.2, 0) is 47.5 Å². The monoisotopic (exact) mass is 762 g/mol. The molecule has 5 fully saturated rings. The number of ether oxygens (including phenoxy) is 8. The van der Waals surface area contributed by atoms with E-state index in [1.54, 1.807) is 14.2 Å². The summed E-state index contributed by atoms with van der Waals surface area (Å²) in [6, 6.07) is 0.345. The molecule has 54 heavy (non-hydrogen) atoms. The summed E-state index contributed by atoms with van der Waals surface area (Å²) in [5, 5.41) is 0. The van der Waals surface area contributed by atoms with Crippen molar-refractivity contribution in [2.75, 3.05) is 41.5 Å². The lowest BCUT2D eigenvalue weighted by Gasteiger charge is -2.45. The molecule has 6 rings (SSSR count). The summed E-state index contributed by atoms with van der Waals surface area (Å²) in [6.07, 6.45) is 9.46. The van der Waals surface area contributed by atoms with Gasteiger partial charge in [-0.2, -0.15) is 0 Å². The fourth-order valence-corrected chi connectivity index (χ4v) is 11.3. The minimum absolute atomic E-state index is 0.0121. The maximum absolute atomic E-state index is 14.7. The first-order valence-corrected chi connectivity index (χ1v) is 21.3. The average molecular weight is 762 g/mol. The van der Waals surface area contributed by atoms with Crippen LogP contribution < -0.4 is 0 Å². The topological polar surface area (TPSA) is 111 Å². The second kappa shape index (κ2) is 18.9. The van der Waals surface area contributed by atoms with E-state index in [0.29, 0.717) is 31.1 Å². The van der Waals surface area contributed by atoms with Gasteiger partial charge in [0.05, 0.1) is 43.5 Å². The van der Waals surface area contributed by atoms with Crippen LogP contribution in [0.1, 0.15) is 105 Å². The molecule has 0 spiro atoms. The van der Waals surface area contributed by atoms with Gasteiger partial charge >= 0.3 is 5.97 Å². The van der Waals surface area contributed by atoms with Gasteiger partial charge in [0.1, 0.15) is 12.2 Å². The SMILES string of the molecule is CCOCC1[C@@H](OC)[C@H](O[C@@H]2CC3CC[C@H]4C5CC(=O)OC(CC)CCC[C@H](O[C@H]6CC[C@H](N(C)C)[C@@H](C)O6)[C@@H](C)C(=O)C5=C[C@H]4[C@@H]3C2)O[C@@H](C)[C@@H]1OC. The number of Topliss-reactive ketones (excluding diaryl/α,β-unsaturated/α-hetero) is 1. The van der Waals surface area contributed by atoms with Crippen molar-refractivity contribution >= 4 is 11.8 Å². The molecule has 0 aromatic carbocycles. The molecular formula is C43H71NO10. The van der Waals surface area contributed by atoms with Crippen molar-refractivity contribution in [3.63, 3.8) is 0 Å². The first-order valence-electron chi connectivity index (χ1n) is 21.3. The molecule has 3 aliphatic carbocycles. The van der Waals surface area contributed by atoms with E-state index in [0.717, 1.165) is 69.8 Å². The summed E-state index contributed by atoms with van der Waals surface area (Å²) in [7, 11) is 7.62. The Kier molecular flexibility index (Phi) is 14.7. The second-order valence-electron chi connectivity index (χ2n) is 17.5. The zero-order valence-corrected chi connectivity index (χ0v) is 34.6. The molecule has 0 bridgehead atoms. The Morgan fingerprint density at radius 3 is 2.31 bits per heavy atom. The Balaban J connectivity index is 1.20. The highest BCUT2D eigenvalue weighted by molar-refractivity contribution is 5.99. The van der Waals surface area contributed by atoms with Crippen molar-refractivity contribution in [2.45, 2.75) is 167 Å². The number of esters is 1. The number of cyclic esters (lactones) is 1. The van der Waals surface area contributed by atoms with Crippen molar-refractivity contribution in [1.29, 1.82) is 0 Å². The average Bonchev–Trinajstić information content (AvgIpc) is 3.72. The largest absolute Gasteiger partial charge is 0.462 e. The number of likely N-dealkylation sites (N-methyl/N-ethyl adjacent to an activating group) is 1. The number of methoxy groups -OCH3 is 2. The highest BCUT2D eigenvalue weighted by Crippen LogP contribution is 2.57. The lowest BCUT2D eigenvalue weighted by Crippen LogP contribution is -2.57. The third-order valence-corrected chi connectivity index (χ3v) is 14.2. The van der Waals surface area contributed by atoms with Crippen molar-refractivity contribution in [3.8, 4) is 0 Å². The van der Waals surface area contributed by atoms with Crippen LogP contribution in [0.3, 0.4) is 0 Å². The van der Waals surface area contributed by atoms with Gasteiger partial charge in [-0.05, 0) is 128 Å². The first kappa shape index (κ1) is 42.2. The normalized spacial score (nSPS) is 44.8. The number of carbonyl (C=O) groups is 2. The van der Waals surface area contributed by atoms with E-state index in [4.69, 9.17) is 37.9 Å². The number of hydrogen-bond acceptors (Lipinski definition) is 11. The van der Waals surface area contributed by atoms with Gasteiger partial charge < -0.3 is 42.8 Å². The van der Waals surface area contributed by atoms with Crippen molar-refractivity contribution in [3.05, 3.63) is 11.6 Å². The van der Waals surface area contributed by atoms with Gasteiger partial charge in [0.2, 0.25) is 0 Å². The predicted octanol–water partition coefficient (Wildman–Crippen LogP) is 6.35. The molecule has 3 heterocycles. The van der Waals surface area contributed by atoms with Crippen LogP contribution in [0.5, 0.6) is 0 Å². The summed E-state index contributed by atoms with van der Waals surface area (Å²) < 4.78 is 50.3. The van der Waals surface area contributed by atoms with Gasteiger partial charge in [0, 0.05) is 44.6 Å². The zero-order chi connectivity index (χ0) is 38.7. The van der Waals surface area contributed by atoms with Crippen molar-refractivity contribution in [1.82, 2.24) is 4.90 Å². The number of fused-ring (bicyclic) bond motifs is 5. The Morgan fingerprint density at radius 1 is 0.852 bits per heavy atom. The Labute approximate surface area is 324 Å². The molecule has 11 heteroatoms. The molecule has 6 aliphatic rings. The number of rotatable bonds is 11. The van der Waals surface area contributed by atoms with E-state index in [1.807, 2.05) is 20.8 Å². The number of carbonyl (C=O) groups excluding carboxylic acids is 2. The molecule has 308 valence electrons. The summed E-state index contributed by atoms with van der Waals surface area (Å²) in [5.41, 5.74) is 0.820. The summed E-state index contributed by atoms with van der Waals surface area (Å²) in [4.78, 5) is 30.5. The standard InChI is InChI=1S/C43H71NO10/c1-10-28-13-12-14-37(54-39-18-17-36(44(6)7)25(4)50-39)24(3)40(46)34-21-32-30(33(34)22-38(45)52-28)16-15-27-19-29(20-31(27)32)53-43-42(48-9)35(23-49-11-2)41(47-8)26(5)51-43/h21,24-33,35-37,39,41-43H,10-20,22-23H2,1-9H3/t24-,25-,26+,27?,28?,29-,30-,31-,32-,33?,35?,36+,37+,39+,41+,42-,43+/m1/s1. The van der Waals surface area contributed by atoms with Gasteiger partial charge in [-0.15, -0.1) is 0 Å². The lowest BCUT2D eigenvalue weighted by atomic mass is 9.66. The van der Waals surface area contributed by atoms with Gasteiger partial charge in [-0.3, -0.25) is 9.59 Å². The molecule has 11 nitrogen and oxygen atoms in total. The molecule has 3 saturated heterocycles. The molecule has 0 aromatic heterocycles. The van der Waals surface area contributed by atoms with E-state index in [-0.39, 0.29) is 96.8 Å².